The second kappa shape index (κ2) is 10.6. The Morgan fingerprint density at radius 1 is 0.957 bits per heavy atom. The third kappa shape index (κ3) is 4.75. The summed E-state index contributed by atoms with van der Waals surface area (Å²) in [6.45, 7) is 2.40. The number of nitrogens with two attached hydrogens (primary N) is 1. The maximum Gasteiger partial charge on any atom is 0.158 e. The molecule has 234 valence electrons. The first-order valence-electron chi connectivity index (χ1n) is 15.7. The predicted octanol–water partition coefficient (Wildman–Crippen LogP) is 5.09. The zero-order valence-corrected chi connectivity index (χ0v) is 25.9. The second-order valence-corrected chi connectivity index (χ2v) is 12.3. The molecule has 7 aromatic heterocycles. The van der Waals surface area contributed by atoms with Crippen molar-refractivity contribution in [1.29, 1.82) is 0 Å². The van der Waals surface area contributed by atoms with E-state index in [2.05, 4.69) is 32.6 Å². The molecule has 0 aliphatic heterocycles. The first kappa shape index (κ1) is 27.5. The molecule has 47 heavy (non-hydrogen) atoms. The van der Waals surface area contributed by atoms with Gasteiger partial charge in [-0.1, -0.05) is 0 Å². The van der Waals surface area contributed by atoms with E-state index in [1.165, 1.54) is 5.56 Å². The van der Waals surface area contributed by atoms with Crippen molar-refractivity contribution in [1.82, 2.24) is 43.3 Å². The van der Waals surface area contributed by atoms with Crippen molar-refractivity contribution in [2.24, 2.45) is 11.7 Å². The largest absolute Gasteiger partial charge is 0.497 e. The van der Waals surface area contributed by atoms with E-state index < -0.39 is 0 Å². The lowest BCUT2D eigenvalue weighted by Crippen LogP contribution is -2.05. The van der Waals surface area contributed by atoms with Gasteiger partial charge in [-0.25, -0.2) is 29.4 Å². The van der Waals surface area contributed by atoms with E-state index in [9.17, 15) is 0 Å². The molecule has 7 heterocycles. The molecule has 0 saturated heterocycles. The van der Waals surface area contributed by atoms with Gasteiger partial charge in [-0.05, 0) is 55.9 Å². The summed E-state index contributed by atoms with van der Waals surface area (Å²) in [5.74, 6) is 3.32. The van der Waals surface area contributed by atoms with Crippen LogP contribution in [-0.2, 0) is 6.61 Å². The van der Waals surface area contributed by atoms with Crippen LogP contribution in [0.25, 0.3) is 22.5 Å². The molecule has 0 bridgehead atoms. The maximum absolute atomic E-state index is 6.18. The summed E-state index contributed by atoms with van der Waals surface area (Å²) in [5, 5.41) is 4.46. The standard InChI is InChI=1S/C35H32N10O2/c1-20-33(42-32-12-22(46-2)6-11-44(20)32)27-15-25(27)28(16-36)34-37-8-4-21(40-34)19-47-23-5-10-43-18-30(41-31(43)13-23)26-14-24(26)29-17-39-45-9-3-7-38-35(29)45/h3-13,16-18,24-27H,14-15,19,36H2,1-2H3. The zero-order chi connectivity index (χ0) is 31.6. The maximum atomic E-state index is 6.18. The smallest absolute Gasteiger partial charge is 0.158 e. The van der Waals surface area contributed by atoms with E-state index in [1.54, 1.807) is 19.5 Å². The summed E-state index contributed by atoms with van der Waals surface area (Å²) < 4.78 is 17.5. The van der Waals surface area contributed by atoms with E-state index in [1.807, 2.05) is 76.3 Å². The van der Waals surface area contributed by atoms with Crippen LogP contribution < -0.4 is 15.2 Å². The van der Waals surface area contributed by atoms with Crippen molar-refractivity contribution < 1.29 is 9.47 Å². The van der Waals surface area contributed by atoms with Gasteiger partial charge in [0.1, 0.15) is 29.4 Å². The molecule has 12 heteroatoms. The molecule has 2 saturated carbocycles. The van der Waals surface area contributed by atoms with E-state index in [0.29, 0.717) is 24.3 Å². The Kier molecular flexibility index (Phi) is 6.24. The molecule has 0 amide bonds. The lowest BCUT2D eigenvalue weighted by atomic mass is 10.1. The second-order valence-electron chi connectivity index (χ2n) is 12.3. The number of ether oxygens (including phenoxy) is 2. The van der Waals surface area contributed by atoms with E-state index >= 15 is 0 Å². The van der Waals surface area contributed by atoms with E-state index in [0.717, 1.165) is 69.6 Å². The average Bonchev–Trinajstić information content (AvgIpc) is 3.94. The zero-order valence-electron chi connectivity index (χ0n) is 25.9. The Hall–Kier alpha value is -5.78. The van der Waals surface area contributed by atoms with Crippen molar-refractivity contribution in [2.75, 3.05) is 7.11 Å². The SMILES string of the molecule is COc1ccn2c(C)c(C3CC3C(=CN)c3nccc(COc4ccn5cc(C6CC6c6cnn7cccnc67)nc5c4)n3)nc2c1. The first-order valence-corrected chi connectivity index (χ1v) is 15.7. The molecular weight excluding hydrogens is 592 g/mol. The van der Waals surface area contributed by atoms with Crippen LogP contribution in [-0.4, -0.2) is 50.4 Å². The summed E-state index contributed by atoms with van der Waals surface area (Å²) in [6.07, 6.45) is 17.1. The molecule has 0 aromatic carbocycles. The van der Waals surface area contributed by atoms with Crippen molar-refractivity contribution in [3.63, 3.8) is 0 Å². The van der Waals surface area contributed by atoms with Crippen LogP contribution in [0.15, 0.2) is 86.0 Å². The van der Waals surface area contributed by atoms with Crippen LogP contribution in [0.2, 0.25) is 0 Å². The van der Waals surface area contributed by atoms with Crippen LogP contribution in [0.3, 0.4) is 0 Å². The number of hydrogen-bond acceptors (Lipinski definition) is 9. The number of hydrogen-bond donors (Lipinski definition) is 1. The number of allylic oxidation sites excluding steroid dienone is 1. The van der Waals surface area contributed by atoms with Gasteiger partial charge in [0.15, 0.2) is 11.5 Å². The van der Waals surface area contributed by atoms with Crippen molar-refractivity contribution in [2.45, 2.75) is 44.1 Å². The number of pyridine rings is 2. The fourth-order valence-electron chi connectivity index (χ4n) is 6.85. The molecule has 4 unspecified atom stereocenters. The molecule has 4 atom stereocenters. The Morgan fingerprint density at radius 2 is 1.85 bits per heavy atom. The lowest BCUT2D eigenvalue weighted by molar-refractivity contribution is 0.301. The Bertz CT molecular complexity index is 2340. The fraction of sp³-hybridized carbons (Fsp3) is 0.257. The third-order valence-electron chi connectivity index (χ3n) is 9.51. The summed E-state index contributed by atoms with van der Waals surface area (Å²) in [5.41, 5.74) is 14.9. The highest BCUT2D eigenvalue weighted by Gasteiger charge is 2.45. The van der Waals surface area contributed by atoms with Crippen molar-refractivity contribution >= 4 is 22.5 Å². The Morgan fingerprint density at radius 3 is 2.74 bits per heavy atom. The summed E-state index contributed by atoms with van der Waals surface area (Å²) in [4.78, 5) is 23.8. The summed E-state index contributed by atoms with van der Waals surface area (Å²) in [7, 11) is 1.66. The van der Waals surface area contributed by atoms with Crippen LogP contribution >= 0.6 is 0 Å². The van der Waals surface area contributed by atoms with Crippen LogP contribution in [0, 0.1) is 12.8 Å². The third-order valence-corrected chi connectivity index (χ3v) is 9.51. The summed E-state index contributed by atoms with van der Waals surface area (Å²) in [6, 6.07) is 11.6. The normalized spacial score (nSPS) is 20.7. The van der Waals surface area contributed by atoms with Crippen molar-refractivity contribution in [3.8, 4) is 11.5 Å². The molecule has 2 fully saturated rings. The van der Waals surface area contributed by atoms with Gasteiger partial charge in [-0.2, -0.15) is 5.10 Å². The van der Waals surface area contributed by atoms with E-state index in [4.69, 9.17) is 30.2 Å². The highest BCUT2D eigenvalue weighted by atomic mass is 16.5. The average molecular weight is 625 g/mol. The Balaban J connectivity index is 0.878. The predicted molar refractivity (Wildman–Crippen MR) is 174 cm³/mol. The van der Waals surface area contributed by atoms with Gasteiger partial charge in [0, 0.05) is 84.2 Å². The number of methoxy groups -OCH3 is 1. The molecule has 2 aliphatic carbocycles. The quantitative estimate of drug-likeness (QED) is 0.233. The van der Waals surface area contributed by atoms with Gasteiger partial charge >= 0.3 is 0 Å². The molecule has 0 spiro atoms. The highest BCUT2D eigenvalue weighted by Crippen LogP contribution is 2.55. The molecule has 2 N–H and O–H groups in total. The fourth-order valence-corrected chi connectivity index (χ4v) is 6.85. The minimum atomic E-state index is 0.203. The van der Waals surface area contributed by atoms with Gasteiger partial charge in [-0.3, -0.25) is 0 Å². The topological polar surface area (TPSA) is 135 Å². The number of aryl methyl sites for hydroxylation is 1. The van der Waals surface area contributed by atoms with Gasteiger partial charge in [0.2, 0.25) is 0 Å². The molecule has 7 aromatic rings. The van der Waals surface area contributed by atoms with Crippen LogP contribution in [0.1, 0.15) is 64.8 Å². The number of fused-ring (bicyclic) bond motifs is 3. The molecule has 2 aliphatic rings. The van der Waals surface area contributed by atoms with Gasteiger partial charge < -0.3 is 24.0 Å². The first-order chi connectivity index (χ1) is 23.1. The number of aromatic nitrogens is 9. The highest BCUT2D eigenvalue weighted by molar-refractivity contribution is 5.66. The van der Waals surface area contributed by atoms with Crippen molar-refractivity contribution in [3.05, 3.63) is 120 Å². The molecule has 12 nitrogen and oxygen atoms in total. The molecule has 0 radical (unpaired) electrons. The number of rotatable bonds is 9. The van der Waals surface area contributed by atoms with Crippen LogP contribution in [0.5, 0.6) is 11.5 Å². The van der Waals surface area contributed by atoms with Gasteiger partial charge in [0.05, 0.1) is 30.4 Å². The number of nitrogens with zero attached hydrogens (tertiary/aromatic N) is 9. The molecule has 9 rings (SSSR count). The Labute approximate surface area is 269 Å². The van der Waals surface area contributed by atoms with Gasteiger partial charge in [-0.15, -0.1) is 0 Å². The minimum Gasteiger partial charge on any atom is -0.497 e. The van der Waals surface area contributed by atoms with Gasteiger partial charge in [0.25, 0.3) is 0 Å². The summed E-state index contributed by atoms with van der Waals surface area (Å²) >= 11 is 0. The monoisotopic (exact) mass is 624 g/mol. The number of imidazole rings is 2. The lowest BCUT2D eigenvalue weighted by Gasteiger charge is -2.09. The van der Waals surface area contributed by atoms with E-state index in [-0.39, 0.29) is 11.8 Å². The van der Waals surface area contributed by atoms with Crippen LogP contribution in [0.4, 0.5) is 0 Å². The minimum absolute atomic E-state index is 0.203. The molecular formula is C35H32N10O2.